The van der Waals surface area contributed by atoms with Gasteiger partial charge in [-0.1, -0.05) is 76.4 Å². The summed E-state index contributed by atoms with van der Waals surface area (Å²) in [5.74, 6) is 2.37. The third kappa shape index (κ3) is 20.5. The van der Waals surface area contributed by atoms with Crippen LogP contribution in [0, 0.1) is 0 Å². The smallest absolute Gasteiger partial charge is 1.00 e. The number of benzene rings is 6. The molecule has 3 atom stereocenters. The number of aliphatic hydroxyl groups excluding tert-OH is 2. The maximum Gasteiger partial charge on any atom is 1.00 e. The van der Waals surface area contributed by atoms with Crippen molar-refractivity contribution in [1.29, 1.82) is 0 Å². The van der Waals surface area contributed by atoms with Crippen molar-refractivity contribution in [2.45, 2.75) is 82.4 Å². The van der Waals surface area contributed by atoms with Crippen LogP contribution in [0.15, 0.2) is 125 Å². The molecule has 0 saturated carbocycles. The Bertz CT molecular complexity index is 3330. The third-order valence-corrected chi connectivity index (χ3v) is 15.4. The minimum atomic E-state index is -4.21. The number of carbonyl (C=O) groups excluding carboxylic acids is 1. The molecule has 2 heterocycles. The van der Waals surface area contributed by atoms with Crippen molar-refractivity contribution in [2.75, 3.05) is 62.9 Å². The van der Waals surface area contributed by atoms with Crippen LogP contribution in [0.25, 0.3) is 0 Å². The topological polar surface area (TPSA) is 232 Å². The molecule has 84 heavy (non-hydrogen) atoms. The molecular formula is C57H74BCl3IN2NaO16PS2. The number of amides is 1. The van der Waals surface area contributed by atoms with Crippen LogP contribution in [-0.2, 0) is 55.6 Å². The van der Waals surface area contributed by atoms with Crippen LogP contribution in [0.3, 0.4) is 0 Å². The van der Waals surface area contributed by atoms with Gasteiger partial charge >= 0.3 is 55.0 Å². The Labute approximate surface area is 552 Å². The number of nitrogens with zero attached hydrogens (tertiary/aromatic N) is 1. The molecule has 0 saturated heterocycles. The molecule has 27 heteroatoms. The molecule has 0 fully saturated rings. The summed E-state index contributed by atoms with van der Waals surface area (Å²) in [5, 5.41) is 16.8. The minimum absolute atomic E-state index is 0. The third-order valence-electron chi connectivity index (χ3n) is 12.9. The zero-order valence-electron chi connectivity index (χ0n) is 47.9. The van der Waals surface area contributed by atoms with E-state index in [2.05, 4.69) is 63.0 Å². The molecule has 1 amide bonds. The molecule has 457 valence electrons. The number of nitrogens with one attached hydrogen (secondary N) is 1. The number of methoxy groups -OCH3 is 6. The van der Waals surface area contributed by atoms with Crippen molar-refractivity contribution in [3.05, 3.63) is 154 Å². The average molecular weight is 1410 g/mol. The van der Waals surface area contributed by atoms with Gasteiger partial charge in [0.2, 0.25) is 5.91 Å². The predicted molar refractivity (Wildman–Crippen MR) is 339 cm³/mol. The SMILES string of the molecule is C.C.CO.COc1cc2c(cc1OC)C1C(C)c3ccc(OC)c(OS(=O)(=O)c4ccccc4)c3CN1CC2.COc1ccc(CCNC(=O)C(C)c2ccc(OC)c(OS(=O)(=O)c3ccccc3)c2CO)cc1OC.I.O=P(Cl)(Cl)Cl.[B].[H-].[Na+]. The predicted octanol–water partition coefficient (Wildman–Crippen LogP) is 9.18. The number of ether oxygens (including phenoxy) is 6. The van der Waals surface area contributed by atoms with E-state index in [-0.39, 0.29) is 129 Å². The normalized spacial score (nSPS) is 14.0. The van der Waals surface area contributed by atoms with E-state index >= 15 is 0 Å². The summed E-state index contributed by atoms with van der Waals surface area (Å²) in [6.07, 6.45) is 1.41. The Balaban J connectivity index is 0. The number of carbonyl (C=O) groups is 1. The summed E-state index contributed by atoms with van der Waals surface area (Å²) < 4.78 is 105. The van der Waals surface area contributed by atoms with Crippen molar-refractivity contribution in [2.24, 2.45) is 0 Å². The molecule has 0 spiro atoms. The minimum Gasteiger partial charge on any atom is -1.00 e. The van der Waals surface area contributed by atoms with Gasteiger partial charge in [-0.2, -0.15) is 16.8 Å². The first kappa shape index (κ1) is 79.9. The summed E-state index contributed by atoms with van der Waals surface area (Å²) in [6, 6.07) is 32.6. The van der Waals surface area contributed by atoms with E-state index in [1.165, 1.54) is 55.7 Å². The average Bonchev–Trinajstić information content (AvgIpc) is 1.59. The first-order chi connectivity index (χ1) is 37.6. The fourth-order valence-corrected chi connectivity index (χ4v) is 11.2. The van der Waals surface area contributed by atoms with Gasteiger partial charge < -0.3 is 53.7 Å². The van der Waals surface area contributed by atoms with Gasteiger partial charge in [0.15, 0.2) is 46.0 Å². The Kier molecular flexibility index (Phi) is 35.1. The van der Waals surface area contributed by atoms with Crippen LogP contribution in [-0.4, -0.2) is 109 Å². The molecule has 8 rings (SSSR count). The van der Waals surface area contributed by atoms with E-state index < -0.39 is 38.0 Å². The molecule has 3 N–H and O–H groups in total. The molecule has 0 bridgehead atoms. The summed E-state index contributed by atoms with van der Waals surface area (Å²) in [6.45, 7) is 5.02. The molecular weight excluding hydrogens is 1330 g/mol. The van der Waals surface area contributed by atoms with Crippen molar-refractivity contribution >= 4 is 97.5 Å². The number of fused-ring (bicyclic) bond motifs is 4. The van der Waals surface area contributed by atoms with Gasteiger partial charge in [-0.05, 0) is 142 Å². The maximum atomic E-state index is 13.1. The van der Waals surface area contributed by atoms with Crippen LogP contribution < -0.4 is 71.7 Å². The summed E-state index contributed by atoms with van der Waals surface area (Å²) in [4.78, 5) is 15.4. The number of hydrogen-bond donors (Lipinski definition) is 3. The molecule has 0 aliphatic carbocycles. The van der Waals surface area contributed by atoms with Gasteiger partial charge in [0, 0.05) is 58.2 Å². The molecule has 0 aromatic heterocycles. The Morgan fingerprint density at radius 1 is 0.690 bits per heavy atom. The van der Waals surface area contributed by atoms with Crippen LogP contribution in [0.4, 0.5) is 0 Å². The van der Waals surface area contributed by atoms with Crippen molar-refractivity contribution in [1.82, 2.24) is 10.2 Å². The Morgan fingerprint density at radius 3 is 1.64 bits per heavy atom. The molecule has 6 aromatic rings. The molecule has 3 radical (unpaired) electrons. The van der Waals surface area contributed by atoms with Crippen LogP contribution in [0.1, 0.15) is 86.9 Å². The quantitative estimate of drug-likeness (QED) is 0.0315. The van der Waals surface area contributed by atoms with Crippen molar-refractivity contribution in [3.63, 3.8) is 0 Å². The van der Waals surface area contributed by atoms with E-state index in [4.69, 9.17) is 41.9 Å². The van der Waals surface area contributed by atoms with E-state index in [1.54, 1.807) is 90.0 Å². The summed E-state index contributed by atoms with van der Waals surface area (Å²) in [5.41, 5.74) is 5.88. The largest absolute Gasteiger partial charge is 1.00 e. The van der Waals surface area contributed by atoms with Crippen LogP contribution >= 0.6 is 62.9 Å². The number of hydrogen-bond acceptors (Lipinski definition) is 17. The monoisotopic (exact) mass is 1400 g/mol. The van der Waals surface area contributed by atoms with E-state index in [0.29, 0.717) is 48.1 Å². The maximum absolute atomic E-state index is 13.1. The Morgan fingerprint density at radius 2 is 1.14 bits per heavy atom. The zero-order chi connectivity index (χ0) is 58.2. The first-order valence-corrected chi connectivity index (χ1v) is 31.5. The second-order valence-electron chi connectivity index (χ2n) is 17.4. The van der Waals surface area contributed by atoms with E-state index in [9.17, 15) is 31.3 Å². The fourth-order valence-electron chi connectivity index (χ4n) is 9.22. The van der Waals surface area contributed by atoms with Gasteiger partial charge in [-0.15, -0.1) is 24.0 Å². The van der Waals surface area contributed by atoms with Gasteiger partial charge in [0.25, 0.3) is 0 Å². The molecule has 3 unspecified atom stereocenters. The van der Waals surface area contributed by atoms with Crippen LogP contribution in [0.2, 0.25) is 0 Å². The van der Waals surface area contributed by atoms with Gasteiger partial charge in [0.05, 0.1) is 55.2 Å². The summed E-state index contributed by atoms with van der Waals surface area (Å²) in [7, 11) is 2.07. The van der Waals surface area contributed by atoms with Gasteiger partial charge in [-0.3, -0.25) is 14.3 Å². The zero-order valence-corrected chi connectivity index (χ0v) is 56.0. The molecule has 18 nitrogen and oxygen atoms in total. The van der Waals surface area contributed by atoms with Crippen molar-refractivity contribution < 1.29 is 104 Å². The van der Waals surface area contributed by atoms with E-state index in [0.717, 1.165) is 42.5 Å². The molecule has 2 aliphatic heterocycles. The number of halogens is 4. The number of rotatable bonds is 18. The molecule has 6 aromatic carbocycles. The van der Waals surface area contributed by atoms with Gasteiger partial charge in [-0.25, -0.2) is 0 Å². The summed E-state index contributed by atoms with van der Waals surface area (Å²) >= 11 is 13.8. The number of aliphatic hydroxyl groups is 2. The molecule has 2 aliphatic rings. The fraction of sp³-hybridized carbons (Fsp3) is 0.351. The second-order valence-corrected chi connectivity index (χ2v) is 27.1. The first-order valence-electron chi connectivity index (χ1n) is 24.2. The Hall–Kier alpha value is -4.14. The van der Waals surface area contributed by atoms with Gasteiger partial charge in [0.1, 0.15) is 9.79 Å². The second kappa shape index (κ2) is 36.9. The van der Waals surface area contributed by atoms with Crippen molar-refractivity contribution in [3.8, 4) is 46.0 Å². The van der Waals surface area contributed by atoms with Crippen LogP contribution in [0.5, 0.6) is 46.0 Å². The standard InChI is InChI=1S/C27H31NO8S.C27H29NO6S.CH4O.2CH4.B.Cl3OP.HI.Na.H/c1-18(27(30)28-15-14-19-10-12-23(33-2)25(16-19)35-4)21-11-13-24(34-3)26(22(21)17-29)36-37(31,32)20-8-6-5-7-9-20;1-17-20-10-11-23(31-2)27(34-35(29,30)19-8-6-5-7-9-19)22(20)16-28-13-12-18-14-24(32-3)25(33-4)15-21(18)26(17)28;1-2;;;;1-5(2,3)4;;;/h5-13,16,18,29H,14-15,17H2,1-4H3,(H,28,30);5-11,14-15,17,26H,12-13,16H2,1-4H3;2H,1H3;2*1H4;;;1H;;/q;;;;;;;;+1;-1. The van der Waals surface area contributed by atoms with E-state index in [1.807, 2.05) is 18.2 Å².